The third kappa shape index (κ3) is 2.93. The van der Waals surface area contributed by atoms with E-state index in [2.05, 4.69) is 17.2 Å². The van der Waals surface area contributed by atoms with Gasteiger partial charge in [-0.15, -0.1) is 0 Å². The summed E-state index contributed by atoms with van der Waals surface area (Å²) >= 11 is 0. The van der Waals surface area contributed by atoms with Crippen molar-refractivity contribution in [3.8, 4) is 5.75 Å². The van der Waals surface area contributed by atoms with Crippen LogP contribution in [-0.4, -0.2) is 18.6 Å². The van der Waals surface area contributed by atoms with E-state index in [1.165, 1.54) is 0 Å². The van der Waals surface area contributed by atoms with Crippen molar-refractivity contribution in [2.24, 2.45) is 0 Å². The Balaban J connectivity index is 2.76. The van der Waals surface area contributed by atoms with Crippen LogP contribution >= 0.6 is 0 Å². The molecule has 0 amide bonds. The normalized spacial score (nSPS) is 9.77. The fourth-order valence-corrected chi connectivity index (χ4v) is 1.10. The highest BCUT2D eigenvalue weighted by Gasteiger charge is 1.98. The highest BCUT2D eigenvalue weighted by Crippen LogP contribution is 2.16. The van der Waals surface area contributed by atoms with Gasteiger partial charge in [0.1, 0.15) is 11.6 Å². The summed E-state index contributed by atoms with van der Waals surface area (Å²) in [5.74, 6) is 1.74. The highest BCUT2D eigenvalue weighted by atomic mass is 16.5. The van der Waals surface area contributed by atoms with Crippen LogP contribution in [0.2, 0.25) is 0 Å². The molecule has 0 aromatic carbocycles. The Hall–Kier alpha value is -1.25. The first-order valence-electron chi connectivity index (χ1n) is 4.52. The van der Waals surface area contributed by atoms with Crippen LogP contribution in [0.15, 0.2) is 12.1 Å². The second-order valence-corrected chi connectivity index (χ2v) is 2.96. The minimum Gasteiger partial charge on any atom is -0.497 e. The van der Waals surface area contributed by atoms with Gasteiger partial charge in [0, 0.05) is 24.4 Å². The maximum atomic E-state index is 5.14. The molecule has 0 aliphatic rings. The van der Waals surface area contributed by atoms with Crippen molar-refractivity contribution in [1.29, 1.82) is 0 Å². The Labute approximate surface area is 79.1 Å². The Morgan fingerprint density at radius 2 is 2.23 bits per heavy atom. The van der Waals surface area contributed by atoms with Crippen LogP contribution < -0.4 is 10.1 Å². The summed E-state index contributed by atoms with van der Waals surface area (Å²) in [6, 6.07) is 3.82. The molecule has 0 unspecified atom stereocenters. The number of anilines is 1. The first-order valence-corrected chi connectivity index (χ1v) is 4.52. The second kappa shape index (κ2) is 4.70. The van der Waals surface area contributed by atoms with Crippen LogP contribution in [0.25, 0.3) is 0 Å². The lowest BCUT2D eigenvalue weighted by Crippen LogP contribution is -2.02. The summed E-state index contributed by atoms with van der Waals surface area (Å²) in [5.41, 5.74) is 0.970. The number of aromatic nitrogens is 1. The van der Waals surface area contributed by atoms with E-state index in [-0.39, 0.29) is 0 Å². The lowest BCUT2D eigenvalue weighted by Gasteiger charge is -2.07. The smallest absolute Gasteiger partial charge is 0.129 e. The summed E-state index contributed by atoms with van der Waals surface area (Å²) in [7, 11) is 1.67. The number of ether oxygens (including phenoxy) is 1. The van der Waals surface area contributed by atoms with E-state index in [0.717, 1.165) is 30.2 Å². The molecule has 0 aliphatic carbocycles. The number of hydrogen-bond acceptors (Lipinski definition) is 3. The van der Waals surface area contributed by atoms with Crippen molar-refractivity contribution in [2.75, 3.05) is 19.0 Å². The van der Waals surface area contributed by atoms with Crippen molar-refractivity contribution >= 4 is 5.82 Å². The molecule has 1 heterocycles. The van der Waals surface area contributed by atoms with Gasteiger partial charge in [0.05, 0.1) is 7.11 Å². The number of nitrogens with zero attached hydrogens (tertiary/aromatic N) is 1. The third-order valence-corrected chi connectivity index (χ3v) is 1.72. The average molecular weight is 180 g/mol. The van der Waals surface area contributed by atoms with Crippen molar-refractivity contribution < 1.29 is 4.74 Å². The number of methoxy groups -OCH3 is 1. The molecule has 0 atom stereocenters. The second-order valence-electron chi connectivity index (χ2n) is 2.96. The number of nitrogens with one attached hydrogen (secondary N) is 1. The van der Waals surface area contributed by atoms with E-state index in [1.807, 2.05) is 19.1 Å². The van der Waals surface area contributed by atoms with Gasteiger partial charge in [0.15, 0.2) is 0 Å². The minimum atomic E-state index is 0.853. The predicted octanol–water partition coefficient (Wildman–Crippen LogP) is 2.22. The molecule has 0 saturated carbocycles. The number of rotatable bonds is 4. The molecule has 0 aliphatic heterocycles. The molecule has 1 aromatic rings. The molecule has 3 heteroatoms. The maximum Gasteiger partial charge on any atom is 0.129 e. The topological polar surface area (TPSA) is 34.1 Å². The number of hydrogen-bond donors (Lipinski definition) is 1. The van der Waals surface area contributed by atoms with Gasteiger partial charge in [-0.2, -0.15) is 0 Å². The first kappa shape index (κ1) is 9.84. The zero-order chi connectivity index (χ0) is 9.68. The number of aryl methyl sites for hydroxylation is 1. The van der Waals surface area contributed by atoms with Gasteiger partial charge in [-0.25, -0.2) is 4.98 Å². The quantitative estimate of drug-likeness (QED) is 0.771. The van der Waals surface area contributed by atoms with E-state index < -0.39 is 0 Å². The monoisotopic (exact) mass is 180 g/mol. The Morgan fingerprint density at radius 3 is 2.85 bits per heavy atom. The molecule has 0 fully saturated rings. The van der Waals surface area contributed by atoms with Gasteiger partial charge < -0.3 is 10.1 Å². The lowest BCUT2D eigenvalue weighted by molar-refractivity contribution is 0.414. The number of pyridine rings is 1. The zero-order valence-corrected chi connectivity index (χ0v) is 8.42. The van der Waals surface area contributed by atoms with Gasteiger partial charge >= 0.3 is 0 Å². The molecule has 1 N–H and O–H groups in total. The lowest BCUT2D eigenvalue weighted by atomic mass is 10.3. The van der Waals surface area contributed by atoms with Gasteiger partial charge in [0.2, 0.25) is 0 Å². The van der Waals surface area contributed by atoms with E-state index in [0.29, 0.717) is 0 Å². The fraction of sp³-hybridized carbons (Fsp3) is 0.500. The molecule has 1 rings (SSSR count). The summed E-state index contributed by atoms with van der Waals surface area (Å²) in [6.45, 7) is 5.03. The van der Waals surface area contributed by atoms with Crippen LogP contribution in [0.4, 0.5) is 5.82 Å². The van der Waals surface area contributed by atoms with E-state index in [9.17, 15) is 0 Å². The highest BCUT2D eigenvalue weighted by molar-refractivity contribution is 5.42. The largest absolute Gasteiger partial charge is 0.497 e. The molecular formula is C10H16N2O. The zero-order valence-electron chi connectivity index (χ0n) is 8.42. The Kier molecular flexibility index (Phi) is 3.55. The van der Waals surface area contributed by atoms with Crippen molar-refractivity contribution in [3.63, 3.8) is 0 Å². The molecule has 13 heavy (non-hydrogen) atoms. The van der Waals surface area contributed by atoms with Crippen LogP contribution in [0, 0.1) is 6.92 Å². The van der Waals surface area contributed by atoms with Gasteiger partial charge in [-0.1, -0.05) is 6.92 Å². The van der Waals surface area contributed by atoms with Crippen LogP contribution in [-0.2, 0) is 0 Å². The van der Waals surface area contributed by atoms with Gasteiger partial charge in [0.25, 0.3) is 0 Å². The van der Waals surface area contributed by atoms with Gasteiger partial charge in [-0.05, 0) is 13.3 Å². The fourth-order valence-electron chi connectivity index (χ4n) is 1.10. The third-order valence-electron chi connectivity index (χ3n) is 1.72. The minimum absolute atomic E-state index is 0.853. The van der Waals surface area contributed by atoms with E-state index >= 15 is 0 Å². The molecular weight excluding hydrogens is 164 g/mol. The van der Waals surface area contributed by atoms with Crippen LogP contribution in [0.3, 0.4) is 0 Å². The maximum absolute atomic E-state index is 5.14. The van der Waals surface area contributed by atoms with E-state index in [1.54, 1.807) is 7.11 Å². The molecule has 0 saturated heterocycles. The SMILES string of the molecule is CCCNc1cc(OC)cc(C)n1. The summed E-state index contributed by atoms with van der Waals surface area (Å²) in [4.78, 5) is 4.33. The van der Waals surface area contributed by atoms with Crippen LogP contribution in [0.1, 0.15) is 19.0 Å². The Morgan fingerprint density at radius 1 is 1.46 bits per heavy atom. The Bertz CT molecular complexity index is 274. The van der Waals surface area contributed by atoms with Crippen molar-refractivity contribution in [3.05, 3.63) is 17.8 Å². The summed E-state index contributed by atoms with van der Waals surface area (Å²) < 4.78 is 5.14. The van der Waals surface area contributed by atoms with Crippen molar-refractivity contribution in [1.82, 2.24) is 4.98 Å². The van der Waals surface area contributed by atoms with E-state index in [4.69, 9.17) is 4.74 Å². The molecule has 0 radical (unpaired) electrons. The molecule has 72 valence electrons. The van der Waals surface area contributed by atoms with Gasteiger partial charge in [-0.3, -0.25) is 0 Å². The first-order chi connectivity index (χ1) is 6.26. The molecule has 3 nitrogen and oxygen atoms in total. The predicted molar refractivity (Wildman–Crippen MR) is 54.3 cm³/mol. The summed E-state index contributed by atoms with van der Waals surface area (Å²) in [5, 5.41) is 3.22. The molecule has 0 bridgehead atoms. The average Bonchev–Trinajstić information content (AvgIpc) is 2.14. The van der Waals surface area contributed by atoms with Crippen LogP contribution in [0.5, 0.6) is 5.75 Å². The standard InChI is InChI=1S/C10H16N2O/c1-4-5-11-10-7-9(13-3)6-8(2)12-10/h6-7H,4-5H2,1-3H3,(H,11,12). The molecule has 0 spiro atoms. The van der Waals surface area contributed by atoms with Crippen molar-refractivity contribution in [2.45, 2.75) is 20.3 Å². The molecule has 1 aromatic heterocycles. The summed E-state index contributed by atoms with van der Waals surface area (Å²) in [6.07, 6.45) is 1.10.